The maximum absolute atomic E-state index is 13.2. The van der Waals surface area contributed by atoms with Gasteiger partial charge < -0.3 is 4.74 Å². The fourth-order valence-corrected chi connectivity index (χ4v) is 5.61. The number of benzene rings is 1. The summed E-state index contributed by atoms with van der Waals surface area (Å²) in [7, 11) is -2.19. The molecule has 1 aromatic carbocycles. The quantitative estimate of drug-likeness (QED) is 0.488. The van der Waals surface area contributed by atoms with Crippen molar-refractivity contribution in [3.63, 3.8) is 0 Å². The highest BCUT2D eigenvalue weighted by molar-refractivity contribution is 7.88. The van der Waals surface area contributed by atoms with Gasteiger partial charge in [-0.25, -0.2) is 0 Å². The summed E-state index contributed by atoms with van der Waals surface area (Å²) in [5.74, 6) is 1.65. The van der Waals surface area contributed by atoms with Crippen LogP contribution in [0.2, 0.25) is 0 Å². The van der Waals surface area contributed by atoms with Crippen LogP contribution in [0.15, 0.2) is 43.1 Å². The highest BCUT2D eigenvalue weighted by Crippen LogP contribution is 2.44. The molecule has 0 saturated carbocycles. The van der Waals surface area contributed by atoms with Crippen molar-refractivity contribution < 1.29 is 17.3 Å². The van der Waals surface area contributed by atoms with Crippen molar-refractivity contribution in [2.75, 3.05) is 20.2 Å². The van der Waals surface area contributed by atoms with Crippen molar-refractivity contribution in [1.82, 2.24) is 9.88 Å². The highest BCUT2D eigenvalue weighted by Gasteiger charge is 2.46. The zero-order valence-electron chi connectivity index (χ0n) is 18.7. The molecule has 31 heavy (non-hydrogen) atoms. The van der Waals surface area contributed by atoms with E-state index in [1.165, 1.54) is 0 Å². The first-order valence-electron chi connectivity index (χ1n) is 10.9. The minimum absolute atomic E-state index is 0.0242. The van der Waals surface area contributed by atoms with Gasteiger partial charge in [-0.1, -0.05) is 6.08 Å². The maximum Gasteiger partial charge on any atom is 0.272 e. The molecule has 1 aromatic heterocycles. The minimum Gasteiger partial charge on any atom is -0.497 e. The van der Waals surface area contributed by atoms with E-state index in [4.69, 9.17) is 8.92 Å². The maximum atomic E-state index is 13.2. The smallest absolute Gasteiger partial charge is 0.272 e. The lowest BCUT2D eigenvalue weighted by atomic mass is 9.73. The molecule has 0 aliphatic carbocycles. The van der Waals surface area contributed by atoms with Crippen molar-refractivity contribution in [3.8, 4) is 5.75 Å². The summed E-state index contributed by atoms with van der Waals surface area (Å²) in [6.07, 6.45) is 5.15. The Labute approximate surface area is 185 Å². The van der Waals surface area contributed by atoms with Crippen LogP contribution in [0.5, 0.6) is 5.75 Å². The van der Waals surface area contributed by atoms with E-state index in [9.17, 15) is 8.42 Å². The molecule has 2 bridgehead atoms. The summed E-state index contributed by atoms with van der Waals surface area (Å²) < 4.78 is 36.8. The number of rotatable bonds is 6. The topological polar surface area (TPSA) is 68.7 Å². The second kappa shape index (κ2) is 8.19. The van der Waals surface area contributed by atoms with Crippen molar-refractivity contribution in [2.24, 2.45) is 11.8 Å². The summed E-state index contributed by atoms with van der Waals surface area (Å²) in [5.41, 5.74) is 1.63. The fourth-order valence-electron chi connectivity index (χ4n) is 4.82. The Morgan fingerprint density at radius 2 is 2.06 bits per heavy atom. The van der Waals surface area contributed by atoms with Gasteiger partial charge in [-0.3, -0.25) is 14.1 Å². The first-order chi connectivity index (χ1) is 14.6. The molecule has 0 amide bonds. The Morgan fingerprint density at radius 3 is 2.68 bits per heavy atom. The number of pyridine rings is 1. The average molecular weight is 445 g/mol. The molecule has 7 heteroatoms. The lowest BCUT2D eigenvalue weighted by Crippen LogP contribution is -2.55. The summed E-state index contributed by atoms with van der Waals surface area (Å²) >= 11 is 0. The van der Waals surface area contributed by atoms with Crippen LogP contribution < -0.4 is 4.74 Å². The van der Waals surface area contributed by atoms with Crippen molar-refractivity contribution in [3.05, 3.63) is 48.7 Å². The molecule has 3 fully saturated rings. The van der Waals surface area contributed by atoms with Gasteiger partial charge in [0.15, 0.2) is 0 Å². The van der Waals surface area contributed by atoms with Gasteiger partial charge in [-0.15, -0.1) is 6.58 Å². The van der Waals surface area contributed by atoms with Gasteiger partial charge in [0, 0.05) is 24.2 Å². The van der Waals surface area contributed by atoms with E-state index in [1.54, 1.807) is 34.1 Å². The summed E-state index contributed by atoms with van der Waals surface area (Å²) in [6.45, 7) is 10.9. The van der Waals surface area contributed by atoms with Crippen LogP contribution in [0.25, 0.3) is 10.9 Å². The molecule has 2 aromatic rings. The number of piperidine rings is 3. The third-order valence-corrected chi connectivity index (χ3v) is 8.73. The van der Waals surface area contributed by atoms with E-state index in [-0.39, 0.29) is 6.04 Å². The van der Waals surface area contributed by atoms with Crippen LogP contribution in [0.1, 0.15) is 45.3 Å². The minimum atomic E-state index is -3.81. The molecule has 3 aliphatic rings. The monoisotopic (exact) mass is 444 g/mol. The summed E-state index contributed by atoms with van der Waals surface area (Å²) in [4.78, 5) is 6.85. The molecular weight excluding hydrogens is 412 g/mol. The molecule has 0 spiro atoms. The third kappa shape index (κ3) is 4.11. The van der Waals surface area contributed by atoms with Crippen LogP contribution in [0.3, 0.4) is 0 Å². The Morgan fingerprint density at radius 1 is 1.29 bits per heavy atom. The number of hydrogen-bond donors (Lipinski definition) is 0. The van der Waals surface area contributed by atoms with Gasteiger partial charge in [0.05, 0.1) is 17.4 Å². The predicted molar refractivity (Wildman–Crippen MR) is 123 cm³/mol. The number of methoxy groups -OCH3 is 1. The first-order valence-corrected chi connectivity index (χ1v) is 12.3. The van der Waals surface area contributed by atoms with Crippen molar-refractivity contribution >= 4 is 21.0 Å². The third-order valence-electron chi connectivity index (χ3n) is 6.77. The first kappa shape index (κ1) is 22.2. The average Bonchev–Trinajstić information content (AvgIpc) is 2.76. The van der Waals surface area contributed by atoms with Gasteiger partial charge in [0.25, 0.3) is 10.1 Å². The van der Waals surface area contributed by atoms with Crippen LogP contribution in [0, 0.1) is 11.8 Å². The Hall–Kier alpha value is -1.96. The SMILES string of the molecule is C=C[C@H]1CN2CC[C@H]1C[C@H]2[C@H](OS(=O)(=O)C(C)(C)C)c1ccnc2ccc(OC)cc12. The van der Waals surface area contributed by atoms with Gasteiger partial charge >= 0.3 is 0 Å². The zero-order valence-corrected chi connectivity index (χ0v) is 19.6. The van der Waals surface area contributed by atoms with E-state index in [1.807, 2.05) is 30.3 Å². The largest absolute Gasteiger partial charge is 0.497 e. The number of nitrogens with zero attached hydrogens (tertiary/aromatic N) is 2. The van der Waals surface area contributed by atoms with Gasteiger partial charge in [-0.05, 0) is 81.8 Å². The number of aromatic nitrogens is 1. The van der Waals surface area contributed by atoms with Gasteiger partial charge in [-0.2, -0.15) is 8.42 Å². The number of ether oxygens (including phenoxy) is 1. The number of fused-ring (bicyclic) bond motifs is 4. The van der Waals surface area contributed by atoms with Gasteiger partial charge in [0.1, 0.15) is 11.9 Å². The molecule has 1 unspecified atom stereocenters. The molecule has 0 N–H and O–H groups in total. The lowest BCUT2D eigenvalue weighted by Gasteiger charge is -2.51. The Kier molecular flexibility index (Phi) is 5.87. The molecule has 5 atom stereocenters. The van der Waals surface area contributed by atoms with E-state index in [0.717, 1.165) is 42.4 Å². The summed E-state index contributed by atoms with van der Waals surface area (Å²) in [6, 6.07) is 7.54. The molecule has 3 saturated heterocycles. The molecule has 0 radical (unpaired) electrons. The summed E-state index contributed by atoms with van der Waals surface area (Å²) in [5, 5.41) is 0.860. The Balaban J connectivity index is 1.83. The van der Waals surface area contributed by atoms with Gasteiger partial charge in [0.2, 0.25) is 0 Å². The fraction of sp³-hybridized carbons (Fsp3) is 0.542. The van der Waals surface area contributed by atoms with E-state index >= 15 is 0 Å². The Bertz CT molecular complexity index is 1080. The van der Waals surface area contributed by atoms with E-state index in [2.05, 4.69) is 16.5 Å². The molecule has 168 valence electrons. The second-order valence-corrected chi connectivity index (χ2v) is 11.9. The molecular formula is C24H32N2O4S. The molecule has 3 aliphatic heterocycles. The standard InChI is InChI=1S/C24H32N2O4S/c1-6-16-15-26-12-10-17(16)13-22(26)23(30-31(27,28)24(2,3)4)19-9-11-25-21-8-7-18(29-5)14-20(19)21/h6-9,11,14,16-17,22-23H,1,10,12-13,15H2,2-5H3/t16-,17-,22-,23+/m0/s1. The molecule has 6 nitrogen and oxygen atoms in total. The van der Waals surface area contributed by atoms with E-state index < -0.39 is 21.0 Å². The van der Waals surface area contributed by atoms with Crippen molar-refractivity contribution in [2.45, 2.75) is 50.5 Å². The van der Waals surface area contributed by atoms with Crippen LogP contribution in [-0.4, -0.2) is 49.3 Å². The molecule has 4 heterocycles. The normalized spacial score (nSPS) is 27.2. The second-order valence-electron chi connectivity index (χ2n) is 9.61. The zero-order chi connectivity index (χ0) is 22.4. The van der Waals surface area contributed by atoms with Crippen molar-refractivity contribution in [1.29, 1.82) is 0 Å². The van der Waals surface area contributed by atoms with Crippen LogP contribution in [0.4, 0.5) is 0 Å². The van der Waals surface area contributed by atoms with E-state index in [0.29, 0.717) is 17.6 Å². The number of hydrogen-bond acceptors (Lipinski definition) is 6. The van der Waals surface area contributed by atoms with Crippen LogP contribution >= 0.6 is 0 Å². The lowest BCUT2D eigenvalue weighted by molar-refractivity contribution is -0.0345. The highest BCUT2D eigenvalue weighted by atomic mass is 32.2. The molecule has 5 rings (SSSR count). The van der Waals surface area contributed by atoms with Crippen LogP contribution in [-0.2, 0) is 14.3 Å². The predicted octanol–water partition coefficient (Wildman–Crippen LogP) is 4.33.